The Balaban J connectivity index is 1.76. The molecule has 0 aliphatic heterocycles. The van der Waals surface area contributed by atoms with Crippen LogP contribution in [0, 0.1) is 0 Å². The van der Waals surface area contributed by atoms with Gasteiger partial charge in [-0.1, -0.05) is 78.7 Å². The van der Waals surface area contributed by atoms with Crippen LogP contribution in [0.2, 0.25) is 5.02 Å². The highest BCUT2D eigenvalue weighted by molar-refractivity contribution is 8.00. The monoisotopic (exact) mass is 411 g/mol. The van der Waals surface area contributed by atoms with Crippen LogP contribution in [0.4, 0.5) is 0 Å². The molecule has 4 rings (SSSR count). The average molecular weight is 412 g/mol. The molecule has 0 amide bonds. The van der Waals surface area contributed by atoms with Crippen LogP contribution in [0.25, 0.3) is 11.4 Å². The molecule has 1 aliphatic rings. The Morgan fingerprint density at radius 2 is 1.75 bits per heavy atom. The molecule has 1 aliphatic carbocycles. The number of hydrogen-bond acceptors (Lipinski definition) is 4. The lowest BCUT2D eigenvalue weighted by molar-refractivity contribution is -0.116. The molecule has 0 bridgehead atoms. The van der Waals surface area contributed by atoms with Crippen LogP contribution < -0.4 is 0 Å². The summed E-state index contributed by atoms with van der Waals surface area (Å²) in [7, 11) is 0. The molecule has 0 N–H and O–H groups in total. The van der Waals surface area contributed by atoms with Gasteiger partial charge in [-0.2, -0.15) is 0 Å². The van der Waals surface area contributed by atoms with Gasteiger partial charge >= 0.3 is 0 Å². The highest BCUT2D eigenvalue weighted by atomic mass is 35.5. The van der Waals surface area contributed by atoms with Crippen molar-refractivity contribution < 1.29 is 4.79 Å². The van der Waals surface area contributed by atoms with Crippen molar-refractivity contribution in [3.05, 3.63) is 65.2 Å². The Kier molecular flexibility index (Phi) is 5.83. The van der Waals surface area contributed by atoms with Gasteiger partial charge in [0.1, 0.15) is 5.78 Å². The number of nitrogens with zero attached hydrogens (tertiary/aromatic N) is 3. The number of carbonyl (C=O) groups is 1. The second-order valence-corrected chi connectivity index (χ2v) is 8.59. The highest BCUT2D eigenvalue weighted by Gasteiger charge is 2.28. The van der Waals surface area contributed by atoms with E-state index in [1.165, 1.54) is 24.6 Å². The van der Waals surface area contributed by atoms with Gasteiger partial charge in [-0.05, 0) is 37.5 Å². The largest absolute Gasteiger partial charge is 0.299 e. The van der Waals surface area contributed by atoms with Crippen molar-refractivity contribution >= 4 is 29.1 Å². The van der Waals surface area contributed by atoms with Crippen LogP contribution in [0.5, 0.6) is 0 Å². The van der Waals surface area contributed by atoms with Crippen molar-refractivity contribution in [3.8, 4) is 11.4 Å². The highest BCUT2D eigenvalue weighted by Crippen LogP contribution is 2.42. The molecule has 1 fully saturated rings. The molecule has 0 saturated heterocycles. The van der Waals surface area contributed by atoms with E-state index in [4.69, 9.17) is 11.6 Å². The van der Waals surface area contributed by atoms with E-state index in [1.807, 2.05) is 54.6 Å². The van der Waals surface area contributed by atoms with Crippen LogP contribution in [0.1, 0.15) is 49.5 Å². The summed E-state index contributed by atoms with van der Waals surface area (Å²) >= 11 is 7.94. The first-order valence-corrected chi connectivity index (χ1v) is 10.8. The van der Waals surface area contributed by atoms with Gasteiger partial charge in [-0.25, -0.2) is 0 Å². The first-order valence-electron chi connectivity index (χ1n) is 9.57. The third-order valence-electron chi connectivity index (χ3n) is 5.16. The molecule has 1 atom stereocenters. The van der Waals surface area contributed by atoms with E-state index >= 15 is 0 Å². The smallest absolute Gasteiger partial charge is 0.192 e. The lowest BCUT2D eigenvalue weighted by Gasteiger charge is -2.19. The normalized spacial score (nSPS) is 15.6. The minimum atomic E-state index is -0.301. The van der Waals surface area contributed by atoms with Gasteiger partial charge in [0.15, 0.2) is 11.0 Å². The quantitative estimate of drug-likeness (QED) is 0.457. The Labute approximate surface area is 174 Å². The molecule has 1 heterocycles. The van der Waals surface area contributed by atoms with E-state index in [9.17, 15) is 4.79 Å². The zero-order chi connectivity index (χ0) is 19.5. The summed E-state index contributed by atoms with van der Waals surface area (Å²) in [5.74, 6) is 0.895. The Morgan fingerprint density at radius 3 is 2.43 bits per heavy atom. The number of carbonyl (C=O) groups excluding carboxylic acids is 1. The number of rotatable bonds is 6. The molecule has 0 radical (unpaired) electrons. The molecule has 1 saturated carbocycles. The molecule has 0 spiro atoms. The van der Waals surface area contributed by atoms with Crippen LogP contribution in [0.3, 0.4) is 0 Å². The topological polar surface area (TPSA) is 47.8 Å². The minimum absolute atomic E-state index is 0.108. The van der Waals surface area contributed by atoms with E-state index in [-0.39, 0.29) is 11.0 Å². The molecule has 144 valence electrons. The van der Waals surface area contributed by atoms with E-state index < -0.39 is 0 Å². The van der Waals surface area contributed by atoms with E-state index in [0.717, 1.165) is 34.9 Å². The standard InChI is InChI=1S/C22H22ClN3OS/c1-15(27)20(16-9-3-2-4-10-16)28-22-25-24-21(18-13-7-8-14-19(18)23)26(22)17-11-5-6-12-17/h2-4,7-10,13-14,17,20H,5-6,11-12H2,1H3/t20-/m0/s1. The Bertz CT molecular complexity index is 967. The Hall–Kier alpha value is -2.11. The average Bonchev–Trinajstić information content (AvgIpc) is 3.36. The summed E-state index contributed by atoms with van der Waals surface area (Å²) in [4.78, 5) is 12.4. The number of benzene rings is 2. The molecule has 3 aromatic rings. The third kappa shape index (κ3) is 3.87. The fourth-order valence-electron chi connectivity index (χ4n) is 3.79. The first-order chi connectivity index (χ1) is 13.6. The number of hydrogen-bond donors (Lipinski definition) is 0. The molecule has 0 unspecified atom stereocenters. The maximum atomic E-state index is 12.4. The van der Waals surface area contributed by atoms with Crippen LogP contribution in [0.15, 0.2) is 59.8 Å². The second-order valence-electron chi connectivity index (χ2n) is 7.11. The number of aromatic nitrogens is 3. The summed E-state index contributed by atoms with van der Waals surface area (Å²) in [5.41, 5.74) is 1.87. The maximum absolute atomic E-state index is 12.4. The number of thioether (sulfide) groups is 1. The number of halogens is 1. The van der Waals surface area contributed by atoms with Crippen LogP contribution >= 0.6 is 23.4 Å². The summed E-state index contributed by atoms with van der Waals surface area (Å²) in [5, 5.41) is 10.1. The predicted molar refractivity (Wildman–Crippen MR) is 114 cm³/mol. The summed E-state index contributed by atoms with van der Waals surface area (Å²) in [6.45, 7) is 1.63. The van der Waals surface area contributed by atoms with E-state index in [0.29, 0.717) is 11.1 Å². The molecular weight excluding hydrogens is 390 g/mol. The van der Waals surface area contributed by atoms with Crippen molar-refractivity contribution in [2.45, 2.75) is 49.1 Å². The number of Topliss-reactive ketones (excluding diaryl/α,β-unsaturated/α-hetero) is 1. The van der Waals surface area contributed by atoms with Crippen LogP contribution in [-0.4, -0.2) is 20.5 Å². The fourth-order valence-corrected chi connectivity index (χ4v) is 5.12. The summed E-state index contributed by atoms with van der Waals surface area (Å²) in [6.07, 6.45) is 4.59. The predicted octanol–water partition coefficient (Wildman–Crippen LogP) is 6.14. The van der Waals surface area contributed by atoms with Crippen molar-refractivity contribution in [1.82, 2.24) is 14.8 Å². The molecular formula is C22H22ClN3OS. The maximum Gasteiger partial charge on any atom is 0.192 e. The zero-order valence-corrected chi connectivity index (χ0v) is 17.3. The molecule has 2 aromatic carbocycles. The van der Waals surface area contributed by atoms with Gasteiger partial charge in [0.05, 0.1) is 10.3 Å². The van der Waals surface area contributed by atoms with Gasteiger partial charge in [0.25, 0.3) is 0 Å². The molecule has 6 heteroatoms. The zero-order valence-electron chi connectivity index (χ0n) is 15.7. The lowest BCUT2D eigenvalue weighted by atomic mass is 10.1. The van der Waals surface area contributed by atoms with Crippen LogP contribution in [-0.2, 0) is 4.79 Å². The van der Waals surface area contributed by atoms with Crippen molar-refractivity contribution in [2.24, 2.45) is 0 Å². The Morgan fingerprint density at radius 1 is 1.07 bits per heavy atom. The van der Waals surface area contributed by atoms with Crippen molar-refractivity contribution in [2.75, 3.05) is 0 Å². The van der Waals surface area contributed by atoms with Crippen molar-refractivity contribution in [1.29, 1.82) is 0 Å². The summed E-state index contributed by atoms with van der Waals surface area (Å²) < 4.78 is 2.21. The minimum Gasteiger partial charge on any atom is -0.299 e. The number of ketones is 1. The van der Waals surface area contributed by atoms with Gasteiger partial charge in [-0.3, -0.25) is 9.36 Å². The van der Waals surface area contributed by atoms with Gasteiger partial charge < -0.3 is 0 Å². The molecule has 28 heavy (non-hydrogen) atoms. The molecule has 1 aromatic heterocycles. The van der Waals surface area contributed by atoms with Gasteiger partial charge in [-0.15, -0.1) is 10.2 Å². The third-order valence-corrected chi connectivity index (χ3v) is 6.82. The van der Waals surface area contributed by atoms with E-state index in [1.54, 1.807) is 6.92 Å². The summed E-state index contributed by atoms with van der Waals surface area (Å²) in [6, 6.07) is 17.9. The second kappa shape index (κ2) is 8.50. The fraction of sp³-hybridized carbons (Fsp3) is 0.318. The van der Waals surface area contributed by atoms with Gasteiger partial charge in [0.2, 0.25) is 0 Å². The van der Waals surface area contributed by atoms with Gasteiger partial charge in [0, 0.05) is 11.6 Å². The molecule has 4 nitrogen and oxygen atoms in total. The first kappa shape index (κ1) is 19.2. The van der Waals surface area contributed by atoms with E-state index in [2.05, 4.69) is 14.8 Å². The SMILES string of the molecule is CC(=O)[C@H](Sc1nnc(-c2ccccc2Cl)n1C1CCCC1)c1ccccc1. The van der Waals surface area contributed by atoms with Crippen molar-refractivity contribution in [3.63, 3.8) is 0 Å². The lowest BCUT2D eigenvalue weighted by Crippen LogP contribution is -2.11.